The summed E-state index contributed by atoms with van der Waals surface area (Å²) in [5.41, 5.74) is 7.12. The standard InChI is InChI=1S/C25H22ClIN2/c1-17(28-12-11-21-16-29-25-10-9-23(27)15-24(21)25)20-4-2-3-19(14-20)13-18-5-7-22(26)8-6-18/h2-10,14-16,28-29H,1,11-13H2. The molecule has 4 heteroatoms. The highest BCUT2D eigenvalue weighted by molar-refractivity contribution is 14.1. The first-order chi connectivity index (χ1) is 14.1. The van der Waals surface area contributed by atoms with Gasteiger partial charge in [0.15, 0.2) is 0 Å². The molecule has 0 aliphatic carbocycles. The summed E-state index contributed by atoms with van der Waals surface area (Å²) < 4.78 is 1.26. The molecule has 0 unspecified atom stereocenters. The smallest absolute Gasteiger partial charge is 0.0457 e. The molecular formula is C25H22ClIN2. The molecule has 4 rings (SSSR count). The quantitative estimate of drug-likeness (QED) is 0.261. The van der Waals surface area contributed by atoms with Crippen LogP contribution in [-0.4, -0.2) is 11.5 Å². The van der Waals surface area contributed by atoms with Gasteiger partial charge in [0.25, 0.3) is 0 Å². The van der Waals surface area contributed by atoms with Crippen molar-refractivity contribution < 1.29 is 0 Å². The van der Waals surface area contributed by atoms with E-state index in [0.717, 1.165) is 35.7 Å². The molecular weight excluding hydrogens is 491 g/mol. The predicted octanol–water partition coefficient (Wildman–Crippen LogP) is 6.82. The fraction of sp³-hybridized carbons (Fsp3) is 0.120. The van der Waals surface area contributed by atoms with E-state index in [1.165, 1.54) is 31.2 Å². The van der Waals surface area contributed by atoms with E-state index in [-0.39, 0.29) is 0 Å². The first-order valence-corrected chi connectivity index (χ1v) is 11.1. The second-order valence-electron chi connectivity index (χ2n) is 7.16. The molecule has 0 aliphatic rings. The first-order valence-electron chi connectivity index (χ1n) is 9.60. The lowest BCUT2D eigenvalue weighted by Gasteiger charge is -2.11. The SMILES string of the molecule is C=C(NCCc1c[nH]c2ccc(I)cc12)c1cccc(Cc2ccc(Cl)cc2)c1. The maximum atomic E-state index is 5.98. The molecule has 0 spiro atoms. The van der Waals surface area contributed by atoms with Gasteiger partial charge in [0.05, 0.1) is 0 Å². The molecule has 0 bridgehead atoms. The zero-order valence-electron chi connectivity index (χ0n) is 16.0. The second kappa shape index (κ2) is 9.06. The number of nitrogens with one attached hydrogen (secondary N) is 2. The van der Waals surface area contributed by atoms with Gasteiger partial charge in [-0.05, 0) is 94.1 Å². The highest BCUT2D eigenvalue weighted by atomic mass is 127. The highest BCUT2D eigenvalue weighted by Gasteiger charge is 2.06. The summed E-state index contributed by atoms with van der Waals surface area (Å²) in [5.74, 6) is 0. The van der Waals surface area contributed by atoms with Gasteiger partial charge in [-0.2, -0.15) is 0 Å². The van der Waals surface area contributed by atoms with Crippen molar-refractivity contribution in [2.75, 3.05) is 6.54 Å². The second-order valence-corrected chi connectivity index (χ2v) is 8.84. The molecule has 0 saturated heterocycles. The van der Waals surface area contributed by atoms with Crippen molar-refractivity contribution in [3.8, 4) is 0 Å². The third-order valence-corrected chi connectivity index (χ3v) is 5.98. The van der Waals surface area contributed by atoms with E-state index in [0.29, 0.717) is 0 Å². The maximum absolute atomic E-state index is 5.98. The summed E-state index contributed by atoms with van der Waals surface area (Å²) in [4.78, 5) is 3.36. The van der Waals surface area contributed by atoms with E-state index in [2.05, 4.69) is 100 Å². The molecule has 4 aromatic rings. The molecule has 29 heavy (non-hydrogen) atoms. The molecule has 1 aromatic heterocycles. The molecule has 2 nitrogen and oxygen atoms in total. The Morgan fingerprint density at radius 1 is 1.00 bits per heavy atom. The molecule has 0 saturated carbocycles. The Labute approximate surface area is 190 Å². The minimum absolute atomic E-state index is 0.769. The van der Waals surface area contributed by atoms with Crippen molar-refractivity contribution in [1.82, 2.24) is 10.3 Å². The summed E-state index contributed by atoms with van der Waals surface area (Å²) in [6.45, 7) is 5.09. The molecule has 0 amide bonds. The fourth-order valence-electron chi connectivity index (χ4n) is 3.51. The van der Waals surface area contributed by atoms with Crippen molar-refractivity contribution in [1.29, 1.82) is 0 Å². The lowest BCUT2D eigenvalue weighted by atomic mass is 10.0. The van der Waals surface area contributed by atoms with E-state index < -0.39 is 0 Å². The van der Waals surface area contributed by atoms with Crippen LogP contribution in [0.2, 0.25) is 5.02 Å². The number of aromatic nitrogens is 1. The van der Waals surface area contributed by atoms with Crippen LogP contribution in [0.3, 0.4) is 0 Å². The number of halogens is 2. The topological polar surface area (TPSA) is 27.8 Å². The number of benzene rings is 3. The summed E-state index contributed by atoms with van der Waals surface area (Å²) in [6, 6.07) is 23.1. The number of rotatable bonds is 7. The van der Waals surface area contributed by atoms with Gasteiger partial charge in [-0.15, -0.1) is 0 Å². The molecule has 0 aliphatic heterocycles. The van der Waals surface area contributed by atoms with Crippen LogP contribution in [-0.2, 0) is 12.8 Å². The molecule has 0 fully saturated rings. The average molecular weight is 513 g/mol. The zero-order chi connectivity index (χ0) is 20.2. The number of hydrogen-bond donors (Lipinski definition) is 2. The summed E-state index contributed by atoms with van der Waals surface area (Å²) in [5, 5.41) is 5.56. The van der Waals surface area contributed by atoms with Crippen LogP contribution >= 0.6 is 34.2 Å². The van der Waals surface area contributed by atoms with Crippen LogP contribution < -0.4 is 5.32 Å². The molecule has 3 aromatic carbocycles. The van der Waals surface area contributed by atoms with Crippen molar-refractivity contribution in [3.05, 3.63) is 110 Å². The molecule has 1 heterocycles. The van der Waals surface area contributed by atoms with Gasteiger partial charge in [-0.1, -0.05) is 48.5 Å². The van der Waals surface area contributed by atoms with Crippen LogP contribution in [0.15, 0.2) is 79.5 Å². The molecule has 146 valence electrons. The minimum Gasteiger partial charge on any atom is -0.385 e. The summed E-state index contributed by atoms with van der Waals surface area (Å²) in [7, 11) is 0. The van der Waals surface area contributed by atoms with E-state index in [4.69, 9.17) is 11.6 Å². The van der Waals surface area contributed by atoms with Gasteiger partial charge in [0, 0.05) is 37.9 Å². The minimum atomic E-state index is 0.769. The Morgan fingerprint density at radius 2 is 1.83 bits per heavy atom. The van der Waals surface area contributed by atoms with Crippen LogP contribution in [0.5, 0.6) is 0 Å². The lowest BCUT2D eigenvalue weighted by molar-refractivity contribution is 0.853. The Balaban J connectivity index is 1.38. The van der Waals surface area contributed by atoms with Crippen molar-refractivity contribution in [3.63, 3.8) is 0 Å². The molecule has 2 N–H and O–H groups in total. The van der Waals surface area contributed by atoms with E-state index in [1.807, 2.05) is 12.1 Å². The third-order valence-electron chi connectivity index (χ3n) is 5.06. The number of hydrogen-bond acceptors (Lipinski definition) is 1. The number of fused-ring (bicyclic) bond motifs is 1. The number of H-pyrrole nitrogens is 1. The zero-order valence-corrected chi connectivity index (χ0v) is 18.9. The van der Waals surface area contributed by atoms with Crippen LogP contribution in [0.4, 0.5) is 0 Å². The normalized spacial score (nSPS) is 11.0. The van der Waals surface area contributed by atoms with Crippen molar-refractivity contribution in [2.45, 2.75) is 12.8 Å². The Kier molecular flexibility index (Phi) is 6.26. The largest absolute Gasteiger partial charge is 0.385 e. The third kappa shape index (κ3) is 5.03. The van der Waals surface area contributed by atoms with Gasteiger partial charge in [-0.25, -0.2) is 0 Å². The highest BCUT2D eigenvalue weighted by Crippen LogP contribution is 2.22. The summed E-state index contributed by atoms with van der Waals surface area (Å²) >= 11 is 8.34. The monoisotopic (exact) mass is 512 g/mol. The Morgan fingerprint density at radius 3 is 2.66 bits per heavy atom. The fourth-order valence-corrected chi connectivity index (χ4v) is 4.13. The first kappa shape index (κ1) is 20.0. The van der Waals surface area contributed by atoms with Crippen molar-refractivity contribution in [2.24, 2.45) is 0 Å². The van der Waals surface area contributed by atoms with Gasteiger partial charge in [0.1, 0.15) is 0 Å². The van der Waals surface area contributed by atoms with Gasteiger partial charge >= 0.3 is 0 Å². The van der Waals surface area contributed by atoms with Crippen LogP contribution in [0.25, 0.3) is 16.6 Å². The molecule has 0 atom stereocenters. The predicted molar refractivity (Wildman–Crippen MR) is 132 cm³/mol. The number of aromatic amines is 1. The van der Waals surface area contributed by atoms with Gasteiger partial charge in [-0.3, -0.25) is 0 Å². The van der Waals surface area contributed by atoms with Crippen molar-refractivity contribution >= 4 is 50.8 Å². The van der Waals surface area contributed by atoms with E-state index in [1.54, 1.807) is 0 Å². The lowest BCUT2D eigenvalue weighted by Crippen LogP contribution is -2.15. The summed E-state index contributed by atoms with van der Waals surface area (Å²) in [6.07, 6.45) is 3.94. The Hall–Kier alpha value is -2.24. The van der Waals surface area contributed by atoms with Gasteiger partial charge in [0.2, 0.25) is 0 Å². The van der Waals surface area contributed by atoms with Crippen LogP contribution in [0.1, 0.15) is 22.3 Å². The Bertz CT molecular complexity index is 1150. The van der Waals surface area contributed by atoms with Crippen LogP contribution in [0, 0.1) is 3.57 Å². The van der Waals surface area contributed by atoms with E-state index in [9.17, 15) is 0 Å². The van der Waals surface area contributed by atoms with E-state index >= 15 is 0 Å². The maximum Gasteiger partial charge on any atom is 0.0457 e. The van der Waals surface area contributed by atoms with Gasteiger partial charge < -0.3 is 10.3 Å². The molecule has 0 radical (unpaired) electrons. The average Bonchev–Trinajstić information content (AvgIpc) is 3.12.